The van der Waals surface area contributed by atoms with Gasteiger partial charge in [-0.25, -0.2) is 4.39 Å². The Hall–Kier alpha value is -0.420. The fourth-order valence-corrected chi connectivity index (χ4v) is 3.77. The van der Waals surface area contributed by atoms with Crippen molar-refractivity contribution in [2.45, 2.75) is 38.1 Å². The van der Waals surface area contributed by atoms with Crippen LogP contribution in [0.2, 0.25) is 0 Å². The van der Waals surface area contributed by atoms with E-state index in [1.807, 2.05) is 0 Å². The summed E-state index contributed by atoms with van der Waals surface area (Å²) in [4.78, 5) is 12.3. The highest BCUT2D eigenvalue weighted by atomic mass is 79.9. The van der Waals surface area contributed by atoms with E-state index in [0.717, 1.165) is 24.6 Å². The van der Waals surface area contributed by atoms with Crippen LogP contribution in [0.4, 0.5) is 4.39 Å². The van der Waals surface area contributed by atoms with Crippen molar-refractivity contribution in [1.82, 2.24) is 5.32 Å². The van der Waals surface area contributed by atoms with Crippen molar-refractivity contribution < 1.29 is 9.18 Å². The van der Waals surface area contributed by atoms with Crippen LogP contribution in [0.15, 0.2) is 22.7 Å². The molecule has 2 atom stereocenters. The highest BCUT2D eigenvalue weighted by Gasteiger charge is 2.35. The summed E-state index contributed by atoms with van der Waals surface area (Å²) in [6.45, 7) is 2.21. The molecule has 1 saturated carbocycles. The van der Waals surface area contributed by atoms with E-state index in [-0.39, 0.29) is 11.4 Å². The maximum atomic E-state index is 13.5. The van der Waals surface area contributed by atoms with Gasteiger partial charge < -0.3 is 5.32 Å². The highest BCUT2D eigenvalue weighted by molar-refractivity contribution is 9.10. The number of alkyl halides is 1. The molecule has 1 amide bonds. The lowest BCUT2D eigenvalue weighted by molar-refractivity contribution is 0.0869. The third kappa shape index (κ3) is 3.61. The van der Waals surface area contributed by atoms with Crippen LogP contribution in [0.5, 0.6) is 0 Å². The van der Waals surface area contributed by atoms with Gasteiger partial charge in [-0.3, -0.25) is 4.79 Å². The van der Waals surface area contributed by atoms with E-state index in [1.54, 1.807) is 12.1 Å². The van der Waals surface area contributed by atoms with Crippen LogP contribution < -0.4 is 5.32 Å². The van der Waals surface area contributed by atoms with Crippen LogP contribution in [0.1, 0.15) is 43.0 Å². The maximum absolute atomic E-state index is 13.5. The van der Waals surface area contributed by atoms with Gasteiger partial charge in [0.2, 0.25) is 0 Å². The molecule has 1 aromatic carbocycles. The van der Waals surface area contributed by atoms with Crippen molar-refractivity contribution in [3.63, 3.8) is 0 Å². The maximum Gasteiger partial charge on any atom is 0.251 e. The quantitative estimate of drug-likeness (QED) is 0.726. The molecule has 0 heterocycles. The first-order valence-electron chi connectivity index (χ1n) is 6.79. The summed E-state index contributed by atoms with van der Waals surface area (Å²) in [5, 5.41) is 3.84. The molecular weight excluding hydrogens is 389 g/mol. The second kappa shape index (κ2) is 6.56. The molecule has 5 heteroatoms. The van der Waals surface area contributed by atoms with Crippen LogP contribution >= 0.6 is 31.9 Å². The Balaban J connectivity index is 2.14. The third-order valence-corrected chi connectivity index (χ3v) is 5.62. The molecule has 0 spiro atoms. The largest absolute Gasteiger partial charge is 0.346 e. The number of benzene rings is 1. The van der Waals surface area contributed by atoms with E-state index in [0.29, 0.717) is 16.0 Å². The number of nitrogens with one attached hydrogen (secondary N) is 1. The Morgan fingerprint density at radius 3 is 2.90 bits per heavy atom. The smallest absolute Gasteiger partial charge is 0.251 e. The fraction of sp³-hybridized carbons (Fsp3) is 0.533. The van der Waals surface area contributed by atoms with Gasteiger partial charge in [0.15, 0.2) is 0 Å². The van der Waals surface area contributed by atoms with E-state index >= 15 is 0 Å². The lowest BCUT2D eigenvalue weighted by Gasteiger charge is -2.39. The number of halogens is 3. The summed E-state index contributed by atoms with van der Waals surface area (Å²) < 4.78 is 13.9. The number of hydrogen-bond acceptors (Lipinski definition) is 1. The van der Waals surface area contributed by atoms with Crippen LogP contribution in [0, 0.1) is 11.7 Å². The molecule has 1 aliphatic carbocycles. The van der Waals surface area contributed by atoms with E-state index < -0.39 is 5.82 Å². The van der Waals surface area contributed by atoms with E-state index in [4.69, 9.17) is 0 Å². The van der Waals surface area contributed by atoms with Gasteiger partial charge in [-0.05, 0) is 52.9 Å². The predicted molar refractivity (Wildman–Crippen MR) is 85.7 cm³/mol. The molecule has 0 aromatic heterocycles. The van der Waals surface area contributed by atoms with Gasteiger partial charge >= 0.3 is 0 Å². The van der Waals surface area contributed by atoms with Gasteiger partial charge in [0.05, 0.1) is 10.0 Å². The lowest BCUT2D eigenvalue weighted by atomic mass is 9.77. The van der Waals surface area contributed by atoms with Gasteiger partial charge in [0.1, 0.15) is 5.82 Å². The SMILES string of the molecule is CC1CCCC(CBr)(NC(=O)c2ccc(Br)c(F)c2)C1. The van der Waals surface area contributed by atoms with Gasteiger partial charge in [-0.2, -0.15) is 0 Å². The predicted octanol–water partition coefficient (Wildman–Crippen LogP) is 4.66. The van der Waals surface area contributed by atoms with Crippen molar-refractivity contribution in [2.75, 3.05) is 5.33 Å². The number of rotatable bonds is 3. The number of carbonyl (C=O) groups excluding carboxylic acids is 1. The number of hydrogen-bond donors (Lipinski definition) is 1. The zero-order chi connectivity index (χ0) is 14.8. The Morgan fingerprint density at radius 2 is 2.30 bits per heavy atom. The molecular formula is C15H18Br2FNO. The fourth-order valence-electron chi connectivity index (χ4n) is 2.88. The average molecular weight is 407 g/mol. The molecule has 1 N–H and O–H groups in total. The Kier molecular flexibility index (Phi) is 5.24. The summed E-state index contributed by atoms with van der Waals surface area (Å²) in [6.07, 6.45) is 4.25. The summed E-state index contributed by atoms with van der Waals surface area (Å²) >= 11 is 6.62. The molecule has 2 nitrogen and oxygen atoms in total. The van der Waals surface area contributed by atoms with Crippen LogP contribution in [-0.4, -0.2) is 16.8 Å². The number of carbonyl (C=O) groups is 1. The molecule has 1 aromatic rings. The topological polar surface area (TPSA) is 29.1 Å². The Labute approximate surface area is 135 Å². The Bertz CT molecular complexity index is 509. The van der Waals surface area contributed by atoms with Crippen LogP contribution in [0.3, 0.4) is 0 Å². The number of amides is 1. The van der Waals surface area contributed by atoms with Crippen molar-refractivity contribution in [2.24, 2.45) is 5.92 Å². The Morgan fingerprint density at radius 1 is 1.55 bits per heavy atom. The van der Waals surface area contributed by atoms with Crippen molar-refractivity contribution in [1.29, 1.82) is 0 Å². The molecule has 0 bridgehead atoms. The molecule has 0 saturated heterocycles. The van der Waals surface area contributed by atoms with Gasteiger partial charge in [0.25, 0.3) is 5.91 Å². The van der Waals surface area contributed by atoms with Gasteiger partial charge in [-0.1, -0.05) is 35.7 Å². The highest BCUT2D eigenvalue weighted by Crippen LogP contribution is 2.34. The lowest BCUT2D eigenvalue weighted by Crippen LogP contribution is -2.52. The molecule has 2 unspecified atom stereocenters. The molecule has 0 aliphatic heterocycles. The second-order valence-electron chi connectivity index (χ2n) is 5.70. The minimum absolute atomic E-state index is 0.204. The first-order valence-corrected chi connectivity index (χ1v) is 8.71. The summed E-state index contributed by atoms with van der Waals surface area (Å²) in [6, 6.07) is 4.47. The van der Waals surface area contributed by atoms with Gasteiger partial charge in [0, 0.05) is 10.9 Å². The molecule has 110 valence electrons. The van der Waals surface area contributed by atoms with E-state index in [2.05, 4.69) is 44.1 Å². The summed E-state index contributed by atoms with van der Waals surface area (Å²) in [5.41, 5.74) is 0.155. The standard InChI is InChI=1S/C15H18Br2FNO/c1-10-3-2-6-15(8-10,9-16)19-14(20)11-4-5-12(17)13(18)7-11/h4-5,7,10H,2-3,6,8-9H2,1H3,(H,19,20). The minimum Gasteiger partial charge on any atom is -0.346 e. The van der Waals surface area contributed by atoms with Crippen molar-refractivity contribution in [3.05, 3.63) is 34.1 Å². The van der Waals surface area contributed by atoms with Crippen LogP contribution in [0.25, 0.3) is 0 Å². The van der Waals surface area contributed by atoms with Crippen LogP contribution in [-0.2, 0) is 0 Å². The average Bonchev–Trinajstić information content (AvgIpc) is 2.41. The molecule has 20 heavy (non-hydrogen) atoms. The first kappa shape index (κ1) is 16.0. The molecule has 1 aliphatic rings. The zero-order valence-electron chi connectivity index (χ0n) is 11.4. The van der Waals surface area contributed by atoms with Crippen molar-refractivity contribution in [3.8, 4) is 0 Å². The van der Waals surface area contributed by atoms with Gasteiger partial charge in [-0.15, -0.1) is 0 Å². The first-order chi connectivity index (χ1) is 9.46. The third-order valence-electron chi connectivity index (χ3n) is 3.91. The van der Waals surface area contributed by atoms with Crippen molar-refractivity contribution >= 4 is 37.8 Å². The molecule has 2 rings (SSSR count). The summed E-state index contributed by atoms with van der Waals surface area (Å²) in [7, 11) is 0. The zero-order valence-corrected chi connectivity index (χ0v) is 14.6. The van der Waals surface area contributed by atoms with E-state index in [1.165, 1.54) is 12.5 Å². The molecule has 0 radical (unpaired) electrons. The van der Waals surface area contributed by atoms with E-state index in [9.17, 15) is 9.18 Å². The molecule has 1 fully saturated rings. The normalized spacial score (nSPS) is 26.3. The summed E-state index contributed by atoms with van der Waals surface area (Å²) in [5.74, 6) is -0.0178. The monoisotopic (exact) mass is 405 g/mol. The second-order valence-corrected chi connectivity index (χ2v) is 7.11. The minimum atomic E-state index is -0.414.